The van der Waals surface area contributed by atoms with Gasteiger partial charge in [0.1, 0.15) is 0 Å². The number of sulfonamides is 1. The van der Waals surface area contributed by atoms with E-state index in [4.69, 9.17) is 0 Å². The largest absolute Gasteiger partial charge is 0.303 e. The summed E-state index contributed by atoms with van der Waals surface area (Å²) in [7, 11) is -3.41. The first kappa shape index (κ1) is 8.96. The van der Waals surface area contributed by atoms with Gasteiger partial charge in [0.25, 0.3) is 5.91 Å². The van der Waals surface area contributed by atoms with Gasteiger partial charge in [-0.2, -0.15) is 0 Å². The molecule has 0 aromatic heterocycles. The molecule has 2 N–H and O–H groups in total. The van der Waals surface area contributed by atoms with Gasteiger partial charge >= 0.3 is 0 Å². The normalized spacial score (nSPS) is 36.8. The van der Waals surface area contributed by atoms with Crippen molar-refractivity contribution in [2.45, 2.75) is 18.4 Å². The lowest BCUT2D eigenvalue weighted by Crippen LogP contribution is -2.57. The fraction of sp³-hybridized carbons (Fsp3) is 0.857. The maximum Gasteiger partial charge on any atom is 0.253 e. The van der Waals surface area contributed by atoms with Crippen LogP contribution in [-0.4, -0.2) is 32.7 Å². The van der Waals surface area contributed by atoms with Gasteiger partial charge in [0.2, 0.25) is 10.0 Å². The van der Waals surface area contributed by atoms with Gasteiger partial charge in [-0.15, -0.1) is 0 Å². The highest BCUT2D eigenvalue weighted by atomic mass is 32.2. The number of hydrogen-bond donors (Lipinski definition) is 2. The predicted molar refractivity (Wildman–Crippen MR) is 46.4 cm³/mol. The summed E-state index contributed by atoms with van der Waals surface area (Å²) >= 11 is 0. The lowest BCUT2D eigenvalue weighted by molar-refractivity contribution is -0.127. The van der Waals surface area contributed by atoms with E-state index in [0.717, 1.165) is 25.6 Å². The summed E-state index contributed by atoms with van der Waals surface area (Å²) in [6.45, 7) is 0.831. The van der Waals surface area contributed by atoms with Crippen LogP contribution < -0.4 is 10.0 Å². The van der Waals surface area contributed by atoms with Gasteiger partial charge in [-0.05, 0) is 25.3 Å². The minimum Gasteiger partial charge on any atom is -0.303 e. The monoisotopic (exact) mass is 204 g/mol. The molecule has 2 heterocycles. The zero-order valence-electron chi connectivity index (χ0n) is 7.33. The van der Waals surface area contributed by atoms with E-state index in [2.05, 4.69) is 5.32 Å². The Hall–Kier alpha value is -0.620. The first-order valence-electron chi connectivity index (χ1n) is 4.19. The average molecular weight is 204 g/mol. The van der Waals surface area contributed by atoms with Gasteiger partial charge in [0.05, 0.1) is 11.8 Å². The van der Waals surface area contributed by atoms with Crippen molar-refractivity contribution in [3.63, 3.8) is 0 Å². The van der Waals surface area contributed by atoms with Crippen molar-refractivity contribution in [1.82, 2.24) is 10.0 Å². The Balaban J connectivity index is 2.06. The molecule has 0 atom stereocenters. The maximum atomic E-state index is 11.5. The summed E-state index contributed by atoms with van der Waals surface area (Å²) in [5.41, 5.74) is -0.576. The molecule has 1 aliphatic carbocycles. The molecule has 1 saturated carbocycles. The van der Waals surface area contributed by atoms with E-state index in [1.54, 1.807) is 0 Å². The number of carbonyl (C=O) groups is 1. The summed E-state index contributed by atoms with van der Waals surface area (Å²) in [5.74, 6) is 0.161. The molecule has 0 unspecified atom stereocenters. The SMILES string of the molecule is CS(=O)(=O)NC(=O)C12CC(CN1)C2. The molecule has 5 nitrogen and oxygen atoms in total. The van der Waals surface area contributed by atoms with Gasteiger partial charge in [-0.3, -0.25) is 9.52 Å². The highest BCUT2D eigenvalue weighted by Crippen LogP contribution is 2.43. The summed E-state index contributed by atoms with van der Waals surface area (Å²) in [5, 5.41) is 3.05. The third kappa shape index (κ3) is 1.44. The van der Waals surface area contributed by atoms with Gasteiger partial charge in [-0.25, -0.2) is 8.42 Å². The summed E-state index contributed by atoms with van der Waals surface area (Å²) in [4.78, 5) is 11.5. The van der Waals surface area contributed by atoms with Crippen molar-refractivity contribution in [1.29, 1.82) is 0 Å². The number of carbonyl (C=O) groups excluding carboxylic acids is 1. The molecule has 0 radical (unpaired) electrons. The fourth-order valence-electron chi connectivity index (χ4n) is 2.09. The number of rotatable bonds is 2. The zero-order chi connectivity index (χ0) is 9.69. The van der Waals surface area contributed by atoms with Crippen LogP contribution in [0.15, 0.2) is 0 Å². The average Bonchev–Trinajstić information content (AvgIpc) is 2.35. The molecule has 2 aliphatic heterocycles. The fourth-order valence-corrected chi connectivity index (χ4v) is 2.62. The van der Waals surface area contributed by atoms with Gasteiger partial charge in [0.15, 0.2) is 0 Å². The van der Waals surface area contributed by atoms with Crippen molar-refractivity contribution in [3.8, 4) is 0 Å². The minimum absolute atomic E-state index is 0.399. The highest BCUT2D eigenvalue weighted by Gasteiger charge is 2.55. The van der Waals surface area contributed by atoms with Crippen LogP contribution in [0.2, 0.25) is 0 Å². The number of nitrogens with one attached hydrogen (secondary N) is 2. The summed E-state index contributed by atoms with van der Waals surface area (Å²) in [6.07, 6.45) is 2.54. The lowest BCUT2D eigenvalue weighted by Gasteiger charge is -2.35. The Labute approximate surface area is 76.9 Å². The molecular weight excluding hydrogens is 192 g/mol. The molecule has 0 aromatic carbocycles. The van der Waals surface area contributed by atoms with Crippen LogP contribution in [0.1, 0.15) is 12.8 Å². The third-order valence-corrected chi connectivity index (χ3v) is 3.27. The Morgan fingerprint density at radius 1 is 1.54 bits per heavy atom. The summed E-state index contributed by atoms with van der Waals surface area (Å²) < 4.78 is 23.6. The van der Waals surface area contributed by atoms with Crippen molar-refractivity contribution in [2.24, 2.45) is 5.92 Å². The third-order valence-electron chi connectivity index (χ3n) is 2.72. The van der Waals surface area contributed by atoms with E-state index in [0.29, 0.717) is 5.92 Å². The summed E-state index contributed by atoms with van der Waals surface area (Å²) in [6, 6.07) is 0. The number of amides is 1. The Morgan fingerprint density at radius 2 is 2.15 bits per heavy atom. The van der Waals surface area contributed by atoms with Crippen LogP contribution in [0.25, 0.3) is 0 Å². The van der Waals surface area contributed by atoms with Crippen molar-refractivity contribution >= 4 is 15.9 Å². The Bertz CT molecular complexity index is 337. The van der Waals surface area contributed by atoms with E-state index in [9.17, 15) is 13.2 Å². The smallest absolute Gasteiger partial charge is 0.253 e. The van der Waals surface area contributed by atoms with Crippen LogP contribution in [0.4, 0.5) is 0 Å². The molecule has 6 heteroatoms. The van der Waals surface area contributed by atoms with E-state index >= 15 is 0 Å². The van der Waals surface area contributed by atoms with Crippen LogP contribution in [0.3, 0.4) is 0 Å². The molecule has 0 aromatic rings. The molecule has 3 fully saturated rings. The standard InChI is InChI=1S/C7H12N2O3S/c1-13(11,12)9-6(10)7-2-5(3-7)4-8-7/h5,8H,2-4H2,1H3,(H,9,10). The first-order chi connectivity index (χ1) is 5.91. The molecule has 0 spiro atoms. The van der Waals surface area contributed by atoms with Crippen LogP contribution in [-0.2, 0) is 14.8 Å². The van der Waals surface area contributed by atoms with Crippen LogP contribution in [0.5, 0.6) is 0 Å². The van der Waals surface area contributed by atoms with Crippen LogP contribution >= 0.6 is 0 Å². The van der Waals surface area contributed by atoms with Crippen molar-refractivity contribution in [2.75, 3.05) is 12.8 Å². The molecule has 74 valence electrons. The van der Waals surface area contributed by atoms with Gasteiger partial charge in [0, 0.05) is 0 Å². The van der Waals surface area contributed by atoms with E-state index in [1.165, 1.54) is 0 Å². The van der Waals surface area contributed by atoms with Crippen molar-refractivity contribution in [3.05, 3.63) is 0 Å². The molecule has 2 saturated heterocycles. The lowest BCUT2D eigenvalue weighted by atomic mass is 9.73. The maximum absolute atomic E-state index is 11.5. The molecular formula is C7H12N2O3S. The molecule has 13 heavy (non-hydrogen) atoms. The second kappa shape index (κ2) is 2.45. The topological polar surface area (TPSA) is 75.3 Å². The Morgan fingerprint density at radius 3 is 2.54 bits per heavy atom. The minimum atomic E-state index is -3.41. The van der Waals surface area contributed by atoms with Crippen molar-refractivity contribution < 1.29 is 13.2 Å². The second-order valence-corrected chi connectivity index (χ2v) is 5.69. The Kier molecular flexibility index (Phi) is 1.69. The molecule has 2 bridgehead atoms. The van der Waals surface area contributed by atoms with Gasteiger partial charge < -0.3 is 5.32 Å². The second-order valence-electron chi connectivity index (χ2n) is 3.94. The number of hydrogen-bond acceptors (Lipinski definition) is 4. The molecule has 3 rings (SSSR count). The first-order valence-corrected chi connectivity index (χ1v) is 6.08. The highest BCUT2D eigenvalue weighted by molar-refractivity contribution is 7.89. The number of fused-ring (bicyclic) bond motifs is 1. The quantitative estimate of drug-likeness (QED) is 0.593. The molecule has 1 amide bonds. The van der Waals surface area contributed by atoms with E-state index in [1.807, 2.05) is 4.72 Å². The van der Waals surface area contributed by atoms with E-state index < -0.39 is 21.5 Å². The zero-order valence-corrected chi connectivity index (χ0v) is 8.15. The predicted octanol–water partition coefficient (Wildman–Crippen LogP) is -1.19. The molecule has 3 aliphatic rings. The van der Waals surface area contributed by atoms with E-state index in [-0.39, 0.29) is 0 Å². The van der Waals surface area contributed by atoms with Crippen LogP contribution in [0, 0.1) is 5.92 Å². The van der Waals surface area contributed by atoms with Gasteiger partial charge in [-0.1, -0.05) is 0 Å².